The fourth-order valence-corrected chi connectivity index (χ4v) is 2.08. The van der Waals surface area contributed by atoms with Gasteiger partial charge in [0.1, 0.15) is 5.92 Å². The topological polar surface area (TPSA) is 70.9 Å². The van der Waals surface area contributed by atoms with Gasteiger partial charge in [-0.3, -0.25) is 4.79 Å². The summed E-state index contributed by atoms with van der Waals surface area (Å²) in [5, 5.41) is 12.5. The molecule has 0 aliphatic carbocycles. The SMILES string of the molecule is C=C/C=C(\C(=C)Cl)C1NC(O)=NC(=C)C1C(=O)OCC. The minimum atomic E-state index is -0.799. The van der Waals surface area contributed by atoms with Crippen molar-refractivity contribution in [3.05, 3.63) is 48.2 Å². The number of aliphatic hydroxyl groups excluding tert-OH is 1. The number of esters is 1. The molecule has 6 heteroatoms. The standard InChI is InChI=1S/C14H17ClN2O3/c1-5-7-10(8(3)15)12-11(13(18)20-6-2)9(4)16-14(19)17-12/h5,7,11-12H,1,3-4,6H2,2H3,(H2,16,17,19)/b10-7+. The second kappa shape index (κ2) is 6.96. The van der Waals surface area contributed by atoms with Crippen molar-refractivity contribution < 1.29 is 14.6 Å². The molecular weight excluding hydrogens is 280 g/mol. The van der Waals surface area contributed by atoms with Crippen LogP contribution in [0.3, 0.4) is 0 Å². The molecular formula is C14H17ClN2O3. The van der Waals surface area contributed by atoms with Gasteiger partial charge in [0.25, 0.3) is 6.02 Å². The van der Waals surface area contributed by atoms with Gasteiger partial charge < -0.3 is 15.2 Å². The van der Waals surface area contributed by atoms with Crippen molar-refractivity contribution in [3.63, 3.8) is 0 Å². The number of nitrogens with one attached hydrogen (secondary N) is 1. The van der Waals surface area contributed by atoms with Crippen LogP contribution in [0, 0.1) is 5.92 Å². The Hall–Kier alpha value is -2.01. The van der Waals surface area contributed by atoms with Crippen LogP contribution in [0.4, 0.5) is 0 Å². The number of ether oxygens (including phenoxy) is 1. The molecule has 0 aromatic heterocycles. The number of hydrogen-bond donors (Lipinski definition) is 2. The van der Waals surface area contributed by atoms with E-state index in [0.29, 0.717) is 5.57 Å². The van der Waals surface area contributed by atoms with Gasteiger partial charge in [0, 0.05) is 5.03 Å². The predicted molar refractivity (Wildman–Crippen MR) is 79.5 cm³/mol. The molecule has 1 aliphatic rings. The van der Waals surface area contributed by atoms with Crippen LogP contribution in [0.2, 0.25) is 0 Å². The Labute approximate surface area is 123 Å². The van der Waals surface area contributed by atoms with E-state index in [9.17, 15) is 9.90 Å². The lowest BCUT2D eigenvalue weighted by Gasteiger charge is -2.31. The summed E-state index contributed by atoms with van der Waals surface area (Å²) in [6.07, 6.45) is 3.11. The zero-order valence-corrected chi connectivity index (χ0v) is 12.0. The second-order valence-corrected chi connectivity index (χ2v) is 4.50. The monoisotopic (exact) mass is 296 g/mol. The summed E-state index contributed by atoms with van der Waals surface area (Å²) in [6.45, 7) is 12.9. The van der Waals surface area contributed by atoms with Gasteiger partial charge in [0.05, 0.1) is 18.3 Å². The van der Waals surface area contributed by atoms with Crippen LogP contribution < -0.4 is 5.32 Å². The first-order valence-corrected chi connectivity index (χ1v) is 6.37. The largest absolute Gasteiger partial charge is 0.481 e. The van der Waals surface area contributed by atoms with Crippen molar-refractivity contribution in [2.75, 3.05) is 6.61 Å². The van der Waals surface area contributed by atoms with E-state index in [2.05, 4.69) is 30.0 Å². The fourth-order valence-electron chi connectivity index (χ4n) is 1.90. The van der Waals surface area contributed by atoms with Gasteiger partial charge >= 0.3 is 5.97 Å². The molecule has 2 atom stereocenters. The predicted octanol–water partition coefficient (Wildman–Crippen LogP) is 2.43. The quantitative estimate of drug-likeness (QED) is 0.604. The maximum atomic E-state index is 12.1. The minimum Gasteiger partial charge on any atom is -0.481 e. The van der Waals surface area contributed by atoms with Crippen LogP contribution in [0.5, 0.6) is 0 Å². The van der Waals surface area contributed by atoms with Crippen molar-refractivity contribution in [1.82, 2.24) is 5.32 Å². The number of allylic oxidation sites excluding steroid dienone is 2. The molecule has 0 amide bonds. The highest BCUT2D eigenvalue weighted by Gasteiger charge is 2.38. The van der Waals surface area contributed by atoms with Crippen molar-refractivity contribution in [1.29, 1.82) is 0 Å². The van der Waals surface area contributed by atoms with E-state index in [0.717, 1.165) is 0 Å². The lowest BCUT2D eigenvalue weighted by Crippen LogP contribution is -2.49. The van der Waals surface area contributed by atoms with E-state index < -0.39 is 17.9 Å². The van der Waals surface area contributed by atoms with Crippen LogP contribution in [0.25, 0.3) is 0 Å². The summed E-state index contributed by atoms with van der Waals surface area (Å²) >= 11 is 5.94. The summed E-state index contributed by atoms with van der Waals surface area (Å²) in [4.78, 5) is 15.8. The Morgan fingerprint density at radius 2 is 2.30 bits per heavy atom. The van der Waals surface area contributed by atoms with Gasteiger partial charge in [0.2, 0.25) is 0 Å². The summed E-state index contributed by atoms with van der Waals surface area (Å²) < 4.78 is 5.01. The highest BCUT2D eigenvalue weighted by Crippen LogP contribution is 2.30. The molecule has 0 spiro atoms. The second-order valence-electron chi connectivity index (χ2n) is 4.04. The average molecular weight is 297 g/mol. The third-order valence-corrected chi connectivity index (χ3v) is 2.93. The molecule has 1 heterocycles. The molecule has 1 aliphatic heterocycles. The van der Waals surface area contributed by atoms with E-state index in [1.54, 1.807) is 13.0 Å². The fraction of sp³-hybridized carbons (Fsp3) is 0.286. The van der Waals surface area contributed by atoms with Gasteiger partial charge in [0.15, 0.2) is 0 Å². The minimum absolute atomic E-state index is 0.192. The number of aliphatic imine (C=N–C) groups is 1. The number of aliphatic hydroxyl groups is 1. The summed E-state index contributed by atoms with van der Waals surface area (Å²) in [5.74, 6) is -1.30. The zero-order chi connectivity index (χ0) is 15.3. The molecule has 2 unspecified atom stereocenters. The van der Waals surface area contributed by atoms with Crippen LogP contribution in [0.1, 0.15) is 6.92 Å². The van der Waals surface area contributed by atoms with Crippen LogP contribution in [-0.4, -0.2) is 29.7 Å². The first-order valence-electron chi connectivity index (χ1n) is 5.99. The van der Waals surface area contributed by atoms with E-state index >= 15 is 0 Å². The molecule has 0 saturated carbocycles. The maximum absolute atomic E-state index is 12.1. The highest BCUT2D eigenvalue weighted by atomic mass is 35.5. The van der Waals surface area contributed by atoms with E-state index in [-0.39, 0.29) is 23.4 Å². The Balaban J connectivity index is 3.24. The van der Waals surface area contributed by atoms with Gasteiger partial charge in [-0.2, -0.15) is 0 Å². The highest BCUT2D eigenvalue weighted by molar-refractivity contribution is 6.31. The molecule has 1 rings (SSSR count). The number of halogens is 1. The first kappa shape index (κ1) is 16.0. The third-order valence-electron chi connectivity index (χ3n) is 2.71. The number of hydrogen-bond acceptors (Lipinski definition) is 4. The molecule has 0 aromatic carbocycles. The molecule has 0 bridgehead atoms. The Morgan fingerprint density at radius 1 is 1.65 bits per heavy atom. The number of nitrogens with zero attached hydrogens (tertiary/aromatic N) is 1. The van der Waals surface area contributed by atoms with Crippen molar-refractivity contribution in [2.45, 2.75) is 13.0 Å². The first-order chi connectivity index (χ1) is 9.42. The molecule has 20 heavy (non-hydrogen) atoms. The van der Waals surface area contributed by atoms with E-state index in [1.165, 1.54) is 6.08 Å². The normalized spacial score (nSPS) is 22.6. The van der Waals surface area contributed by atoms with E-state index in [1.807, 2.05) is 0 Å². The van der Waals surface area contributed by atoms with Crippen molar-refractivity contribution in [3.8, 4) is 0 Å². The molecule has 5 nitrogen and oxygen atoms in total. The number of carbonyl (C=O) groups excluding carboxylic acids is 1. The van der Waals surface area contributed by atoms with E-state index in [4.69, 9.17) is 16.3 Å². The third kappa shape index (κ3) is 3.51. The molecule has 0 radical (unpaired) electrons. The van der Waals surface area contributed by atoms with Crippen molar-refractivity contribution in [2.24, 2.45) is 10.9 Å². The Bertz CT molecular complexity index is 509. The average Bonchev–Trinajstić information content (AvgIpc) is 2.34. The lowest BCUT2D eigenvalue weighted by molar-refractivity contribution is -0.147. The van der Waals surface area contributed by atoms with Gasteiger partial charge in [-0.05, 0) is 12.5 Å². The zero-order valence-electron chi connectivity index (χ0n) is 11.2. The molecule has 0 fully saturated rings. The Morgan fingerprint density at radius 3 is 2.80 bits per heavy atom. The maximum Gasteiger partial charge on any atom is 0.317 e. The summed E-state index contributed by atoms with van der Waals surface area (Å²) in [7, 11) is 0. The molecule has 2 N–H and O–H groups in total. The molecule has 0 aromatic rings. The summed E-state index contributed by atoms with van der Waals surface area (Å²) in [6, 6.07) is -1.00. The van der Waals surface area contributed by atoms with Crippen LogP contribution in [0.15, 0.2) is 53.2 Å². The molecule has 0 saturated heterocycles. The molecule has 108 valence electrons. The van der Waals surface area contributed by atoms with Crippen LogP contribution >= 0.6 is 11.6 Å². The van der Waals surface area contributed by atoms with Crippen LogP contribution in [-0.2, 0) is 9.53 Å². The van der Waals surface area contributed by atoms with Gasteiger partial charge in [-0.1, -0.05) is 43.5 Å². The van der Waals surface area contributed by atoms with Crippen molar-refractivity contribution >= 4 is 23.6 Å². The van der Waals surface area contributed by atoms with Gasteiger partial charge in [-0.25, -0.2) is 4.99 Å². The lowest BCUT2D eigenvalue weighted by atomic mass is 9.89. The Kier molecular flexibility index (Phi) is 5.58. The summed E-state index contributed by atoms with van der Waals surface area (Å²) in [5.41, 5.74) is 0.694. The van der Waals surface area contributed by atoms with Gasteiger partial charge in [-0.15, -0.1) is 0 Å². The number of rotatable bonds is 5. The number of carbonyl (C=O) groups is 1. The smallest absolute Gasteiger partial charge is 0.317 e. The number of amidine groups is 1.